The number of aromatic nitrogens is 4. The fourth-order valence-corrected chi connectivity index (χ4v) is 4.53. The molecule has 9 nitrogen and oxygen atoms in total. The number of carbonyl (C=O) groups excluding carboxylic acids is 1. The third kappa shape index (κ3) is 5.12. The predicted octanol–water partition coefficient (Wildman–Crippen LogP) is -3.18. The van der Waals surface area contributed by atoms with Crippen molar-refractivity contribution in [3.05, 3.63) is 44.3 Å². The van der Waals surface area contributed by atoms with E-state index in [0.29, 0.717) is 30.2 Å². The first-order valence-electron chi connectivity index (χ1n) is 10.6. The molecule has 1 fully saturated rings. The highest BCUT2D eigenvalue weighted by Crippen LogP contribution is 2.19. The molecule has 0 spiro atoms. The maximum Gasteiger partial charge on any atom is 0.386 e. The van der Waals surface area contributed by atoms with Crippen LogP contribution in [-0.2, 0) is 13.6 Å². The molecule has 2 aliphatic heterocycles. The van der Waals surface area contributed by atoms with E-state index in [-0.39, 0.29) is 29.4 Å². The zero-order chi connectivity index (χ0) is 22.2. The van der Waals surface area contributed by atoms with E-state index in [2.05, 4.69) is 40.6 Å². The summed E-state index contributed by atoms with van der Waals surface area (Å²) in [6.45, 7) is 9.33. The molecule has 32 heavy (non-hydrogen) atoms. The maximum atomic E-state index is 12.8. The Morgan fingerprint density at radius 1 is 1.34 bits per heavy atom. The molecule has 0 saturated carbocycles. The normalized spacial score (nSPS) is 18.1. The minimum Gasteiger partial charge on any atom is -1.00 e. The molecular weight excluding hydrogens is 450 g/mol. The molecule has 2 aromatic rings. The van der Waals surface area contributed by atoms with Crippen molar-refractivity contribution in [2.75, 3.05) is 19.6 Å². The number of halogens is 1. The predicted molar refractivity (Wildman–Crippen MR) is 119 cm³/mol. The minimum absolute atomic E-state index is 0. The number of piperidine rings is 1. The van der Waals surface area contributed by atoms with Crippen LogP contribution in [-0.4, -0.2) is 49.2 Å². The number of fused-ring (bicyclic) bond motifs is 1. The molecule has 0 aromatic carbocycles. The van der Waals surface area contributed by atoms with E-state index in [0.717, 1.165) is 37.1 Å². The van der Waals surface area contributed by atoms with Crippen LogP contribution in [0.5, 0.6) is 0 Å². The third-order valence-electron chi connectivity index (χ3n) is 5.59. The number of carbonyl (C=O) groups is 1. The molecule has 4 heterocycles. The SMILES string of the molecule is Cn1c2c(n(CC(C)(C)C)c1=O)=CC=C(N1CCCC(CNC(=O)c3csnn3)C1)[N+]=2.[Cl-]. The van der Waals surface area contributed by atoms with E-state index in [1.807, 2.05) is 16.7 Å². The van der Waals surface area contributed by atoms with E-state index in [9.17, 15) is 9.59 Å². The van der Waals surface area contributed by atoms with Gasteiger partial charge in [-0.05, 0) is 35.9 Å². The molecule has 1 atom stereocenters. The van der Waals surface area contributed by atoms with Crippen molar-refractivity contribution in [3.8, 4) is 0 Å². The first-order chi connectivity index (χ1) is 14.7. The van der Waals surface area contributed by atoms with Crippen LogP contribution in [0.4, 0.5) is 0 Å². The molecule has 0 bridgehead atoms. The van der Waals surface area contributed by atoms with Gasteiger partial charge in [0.1, 0.15) is 5.35 Å². The van der Waals surface area contributed by atoms with E-state index < -0.39 is 0 Å². The van der Waals surface area contributed by atoms with Gasteiger partial charge < -0.3 is 17.7 Å². The molecule has 1 unspecified atom stereocenters. The Balaban J connectivity index is 0.00000289. The third-order valence-corrected chi connectivity index (χ3v) is 6.09. The minimum atomic E-state index is -0.180. The van der Waals surface area contributed by atoms with Crippen LogP contribution in [0, 0.1) is 11.3 Å². The van der Waals surface area contributed by atoms with E-state index in [4.69, 9.17) is 4.99 Å². The average molecular weight is 479 g/mol. The molecule has 173 valence electrons. The molecule has 11 heteroatoms. The van der Waals surface area contributed by atoms with Gasteiger partial charge in [0.2, 0.25) is 0 Å². The summed E-state index contributed by atoms with van der Waals surface area (Å²) >= 11 is 1.17. The lowest BCUT2D eigenvalue weighted by molar-refractivity contribution is -0.0000157. The molecule has 2 aromatic heterocycles. The van der Waals surface area contributed by atoms with Crippen LogP contribution in [0.15, 0.2) is 22.1 Å². The van der Waals surface area contributed by atoms with E-state index in [1.54, 1.807) is 17.0 Å². The topological polar surface area (TPSA) is 99.2 Å². The van der Waals surface area contributed by atoms with Gasteiger partial charge >= 0.3 is 5.69 Å². The van der Waals surface area contributed by atoms with Gasteiger partial charge in [-0.3, -0.25) is 14.3 Å². The lowest BCUT2D eigenvalue weighted by Gasteiger charge is -2.30. The Hall–Kier alpha value is -2.46. The Morgan fingerprint density at radius 3 is 2.81 bits per heavy atom. The summed E-state index contributed by atoms with van der Waals surface area (Å²) in [5.41, 5.74) is 1.03. The van der Waals surface area contributed by atoms with E-state index in [1.165, 1.54) is 11.5 Å². The second-order valence-corrected chi connectivity index (χ2v) is 10.1. The summed E-state index contributed by atoms with van der Waals surface area (Å²) in [5.74, 6) is 1.02. The first kappa shape index (κ1) is 24.2. The molecule has 2 aliphatic rings. The number of hydrogen-bond donors (Lipinski definition) is 1. The Kier molecular flexibility index (Phi) is 7.24. The zero-order valence-corrected chi connectivity index (χ0v) is 20.4. The average Bonchev–Trinajstić information content (AvgIpc) is 3.35. The van der Waals surface area contributed by atoms with Gasteiger partial charge in [-0.2, -0.15) is 0 Å². The van der Waals surface area contributed by atoms with Crippen LogP contribution in [0.1, 0.15) is 44.1 Å². The van der Waals surface area contributed by atoms with Crippen molar-refractivity contribution in [2.45, 2.75) is 40.2 Å². The number of hydrogen-bond acceptors (Lipinski definition) is 7. The van der Waals surface area contributed by atoms with Crippen molar-refractivity contribution in [1.29, 1.82) is 0 Å². The Bertz CT molecular complexity index is 1170. The molecular formula is C21H29ClN7O2S. The number of rotatable bonds is 5. The number of imidazole rings is 1. The van der Waals surface area contributed by atoms with Gasteiger partial charge in [0.25, 0.3) is 17.2 Å². The quantitative estimate of drug-likeness (QED) is 0.488. The smallest absolute Gasteiger partial charge is 0.386 e. The Morgan fingerprint density at radius 2 is 2.12 bits per heavy atom. The van der Waals surface area contributed by atoms with Gasteiger partial charge in [-0.15, -0.1) is 5.10 Å². The highest BCUT2D eigenvalue weighted by Gasteiger charge is 2.29. The van der Waals surface area contributed by atoms with Gasteiger partial charge in [0, 0.05) is 30.5 Å². The van der Waals surface area contributed by atoms with Crippen LogP contribution < -0.4 is 39.2 Å². The van der Waals surface area contributed by atoms with Gasteiger partial charge in [0.05, 0.1) is 20.1 Å². The first-order valence-corrected chi connectivity index (χ1v) is 11.4. The highest BCUT2D eigenvalue weighted by molar-refractivity contribution is 7.03. The van der Waals surface area contributed by atoms with Crippen LogP contribution >= 0.6 is 11.5 Å². The fourth-order valence-electron chi connectivity index (χ4n) is 4.10. The van der Waals surface area contributed by atoms with Crippen LogP contribution in [0.25, 0.3) is 6.08 Å². The summed E-state index contributed by atoms with van der Waals surface area (Å²) in [4.78, 5) is 32.0. The fraction of sp³-hybridized carbons (Fsp3) is 0.571. The number of allylic oxidation sites excluding steroid dienone is 1. The van der Waals surface area contributed by atoms with Crippen molar-refractivity contribution >= 4 is 23.5 Å². The van der Waals surface area contributed by atoms with Crippen molar-refractivity contribution in [1.82, 2.24) is 33.9 Å². The zero-order valence-electron chi connectivity index (χ0n) is 18.8. The number of amides is 1. The lowest BCUT2D eigenvalue weighted by Crippen LogP contribution is -3.00. The number of likely N-dealkylation sites (tertiary alicyclic amines) is 1. The number of nitrogens with zero attached hydrogens (tertiary/aromatic N) is 6. The molecule has 1 N–H and O–H groups in total. The van der Waals surface area contributed by atoms with E-state index >= 15 is 0 Å². The summed E-state index contributed by atoms with van der Waals surface area (Å²) in [7, 11) is 1.78. The summed E-state index contributed by atoms with van der Waals surface area (Å²) in [6, 6.07) is 0. The van der Waals surface area contributed by atoms with Crippen LogP contribution in [0.2, 0.25) is 0 Å². The summed E-state index contributed by atoms with van der Waals surface area (Å²) in [5, 5.41) is 9.30. The molecule has 1 radical (unpaired) electrons. The molecule has 4 rings (SSSR count). The van der Waals surface area contributed by atoms with Crippen LogP contribution in [0.3, 0.4) is 0 Å². The number of nitrogens with one attached hydrogen (secondary N) is 1. The van der Waals surface area contributed by atoms with Crippen molar-refractivity contribution in [3.63, 3.8) is 0 Å². The van der Waals surface area contributed by atoms with Gasteiger partial charge in [0.15, 0.2) is 5.69 Å². The van der Waals surface area contributed by atoms with Gasteiger partial charge in [-0.1, -0.05) is 30.3 Å². The lowest BCUT2D eigenvalue weighted by atomic mass is 9.97. The monoisotopic (exact) mass is 478 g/mol. The Labute approximate surface area is 197 Å². The second-order valence-electron chi connectivity index (χ2n) is 9.46. The van der Waals surface area contributed by atoms with Crippen molar-refractivity contribution in [2.24, 2.45) is 18.4 Å². The van der Waals surface area contributed by atoms with Crippen molar-refractivity contribution < 1.29 is 17.2 Å². The summed E-state index contributed by atoms with van der Waals surface area (Å²) in [6.07, 6.45) is 6.09. The molecule has 1 amide bonds. The molecule has 1 saturated heterocycles. The maximum absolute atomic E-state index is 12.8. The standard InChI is InChI=1S/C21H29N7O2S.ClH/c1-21(2,3)13-28-16-7-8-17(23-18(16)26(4)20(28)30)27-9-5-6-14(11-27)10-22-19(29)15-12-31-25-24-15;/h7-8,12,14H,5-6,9-11,13H2,1-4H3,(H,22,29);1H/q+1;/p-1. The second kappa shape index (κ2) is 9.58. The molecule has 0 aliphatic carbocycles. The van der Waals surface area contributed by atoms with Gasteiger partial charge in [-0.25, -0.2) is 9.36 Å². The largest absolute Gasteiger partial charge is 1.00 e. The summed E-state index contributed by atoms with van der Waals surface area (Å²) < 4.78 is 7.18. The highest BCUT2D eigenvalue weighted by atomic mass is 35.5.